The topological polar surface area (TPSA) is 83.2 Å². The van der Waals surface area contributed by atoms with Crippen LogP contribution in [0.1, 0.15) is 12.2 Å². The Morgan fingerprint density at radius 2 is 2.00 bits per heavy atom. The second-order valence-electron chi connectivity index (χ2n) is 6.04. The molecule has 0 radical (unpaired) electrons. The van der Waals surface area contributed by atoms with Gasteiger partial charge in [-0.25, -0.2) is 0 Å². The molecule has 1 aliphatic rings. The third-order valence-electron chi connectivity index (χ3n) is 3.87. The fourth-order valence-corrected chi connectivity index (χ4v) is 2.76. The molecule has 0 amide bonds. The van der Waals surface area contributed by atoms with Crippen molar-refractivity contribution in [1.82, 2.24) is 19.9 Å². The van der Waals surface area contributed by atoms with Gasteiger partial charge < -0.3 is 16.0 Å². The highest BCUT2D eigenvalue weighted by Gasteiger charge is 2.23. The maximum absolute atomic E-state index is 5.78. The van der Waals surface area contributed by atoms with Crippen molar-refractivity contribution in [1.29, 1.82) is 0 Å². The number of nitrogens with two attached hydrogens (primary N) is 1. The van der Waals surface area contributed by atoms with E-state index >= 15 is 0 Å². The third-order valence-corrected chi connectivity index (χ3v) is 3.87. The van der Waals surface area contributed by atoms with Crippen molar-refractivity contribution in [3.63, 3.8) is 0 Å². The second kappa shape index (κ2) is 6.78. The number of hydrogen-bond acceptors (Lipinski definition) is 7. The quantitative estimate of drug-likeness (QED) is 0.858. The zero-order valence-electron chi connectivity index (χ0n) is 13.6. The summed E-state index contributed by atoms with van der Waals surface area (Å²) < 4.78 is 0. The van der Waals surface area contributed by atoms with Crippen molar-refractivity contribution in [3.05, 3.63) is 36.2 Å². The number of benzene rings is 1. The van der Waals surface area contributed by atoms with Crippen LogP contribution in [0.2, 0.25) is 0 Å². The standard InChI is InChI=1S/C16H23N7/c1-22(2)16-20-14(19-15(17)21-16)11-23-9-8-13(10-23)18-12-6-4-3-5-7-12/h3-7,13,18H,8-11H2,1-2H3,(H2,17,19,20,21). The Bertz CT molecular complexity index is 644. The molecule has 0 aliphatic carbocycles. The number of likely N-dealkylation sites (tertiary alicyclic amines) is 1. The van der Waals surface area contributed by atoms with E-state index in [1.165, 1.54) is 5.69 Å². The number of anilines is 3. The molecule has 2 aromatic rings. The van der Waals surface area contributed by atoms with Crippen LogP contribution in [-0.2, 0) is 6.54 Å². The largest absolute Gasteiger partial charge is 0.381 e. The second-order valence-corrected chi connectivity index (χ2v) is 6.04. The SMILES string of the molecule is CN(C)c1nc(N)nc(CN2CCC(Nc3ccccc3)C2)n1. The summed E-state index contributed by atoms with van der Waals surface area (Å²) in [6.45, 7) is 2.69. The molecule has 1 saturated heterocycles. The lowest BCUT2D eigenvalue weighted by molar-refractivity contribution is 0.319. The predicted octanol–water partition coefficient (Wildman–Crippen LogP) is 1.21. The Balaban J connectivity index is 1.60. The summed E-state index contributed by atoms with van der Waals surface area (Å²) in [5.74, 6) is 1.60. The molecule has 3 rings (SSSR count). The van der Waals surface area contributed by atoms with Crippen molar-refractivity contribution in [2.45, 2.75) is 19.0 Å². The van der Waals surface area contributed by atoms with E-state index in [0.29, 0.717) is 18.5 Å². The molecule has 1 unspecified atom stereocenters. The summed E-state index contributed by atoms with van der Waals surface area (Å²) in [5.41, 5.74) is 6.95. The van der Waals surface area contributed by atoms with E-state index in [0.717, 1.165) is 25.3 Å². The normalized spacial score (nSPS) is 18.1. The smallest absolute Gasteiger partial charge is 0.229 e. The fraction of sp³-hybridized carbons (Fsp3) is 0.438. The average molecular weight is 313 g/mol. The summed E-state index contributed by atoms with van der Waals surface area (Å²) in [7, 11) is 3.79. The molecule has 1 fully saturated rings. The van der Waals surface area contributed by atoms with Crippen LogP contribution in [0.3, 0.4) is 0 Å². The molecule has 122 valence electrons. The molecule has 0 saturated carbocycles. The van der Waals surface area contributed by atoms with Gasteiger partial charge in [-0.05, 0) is 18.6 Å². The van der Waals surface area contributed by atoms with Gasteiger partial charge in [0.1, 0.15) is 5.82 Å². The van der Waals surface area contributed by atoms with Gasteiger partial charge in [0.15, 0.2) is 0 Å². The first kappa shape index (κ1) is 15.5. The van der Waals surface area contributed by atoms with Crippen LogP contribution in [0, 0.1) is 0 Å². The van der Waals surface area contributed by atoms with Crippen molar-refractivity contribution in [2.75, 3.05) is 43.1 Å². The van der Waals surface area contributed by atoms with Gasteiger partial charge in [-0.1, -0.05) is 18.2 Å². The maximum Gasteiger partial charge on any atom is 0.229 e. The number of para-hydroxylation sites is 1. The summed E-state index contributed by atoms with van der Waals surface area (Å²) in [4.78, 5) is 17.0. The lowest BCUT2D eigenvalue weighted by Crippen LogP contribution is -2.27. The van der Waals surface area contributed by atoms with Gasteiger partial charge in [-0.2, -0.15) is 15.0 Å². The third kappa shape index (κ3) is 4.07. The van der Waals surface area contributed by atoms with Gasteiger partial charge in [0.2, 0.25) is 11.9 Å². The van der Waals surface area contributed by atoms with E-state index in [1.54, 1.807) is 0 Å². The molecule has 1 aliphatic heterocycles. The van der Waals surface area contributed by atoms with Gasteiger partial charge in [0, 0.05) is 38.9 Å². The number of hydrogen-bond donors (Lipinski definition) is 2. The molecule has 1 atom stereocenters. The monoisotopic (exact) mass is 313 g/mol. The Hall–Kier alpha value is -2.41. The number of nitrogens with one attached hydrogen (secondary N) is 1. The number of aromatic nitrogens is 3. The van der Waals surface area contributed by atoms with Crippen LogP contribution in [0.4, 0.5) is 17.6 Å². The first-order valence-corrected chi connectivity index (χ1v) is 7.82. The van der Waals surface area contributed by atoms with Crippen LogP contribution in [0.15, 0.2) is 30.3 Å². The van der Waals surface area contributed by atoms with Crippen LogP contribution < -0.4 is 16.0 Å². The molecule has 0 spiro atoms. The number of nitrogens with zero attached hydrogens (tertiary/aromatic N) is 5. The molecular formula is C16H23N7. The molecule has 0 bridgehead atoms. The molecule has 23 heavy (non-hydrogen) atoms. The molecule has 7 heteroatoms. The van der Waals surface area contributed by atoms with Crippen molar-refractivity contribution < 1.29 is 0 Å². The molecular weight excluding hydrogens is 290 g/mol. The van der Waals surface area contributed by atoms with E-state index in [4.69, 9.17) is 5.73 Å². The van der Waals surface area contributed by atoms with Gasteiger partial charge in [0.05, 0.1) is 6.54 Å². The maximum atomic E-state index is 5.78. The molecule has 1 aromatic carbocycles. The number of nitrogen functional groups attached to an aromatic ring is 1. The van der Waals surface area contributed by atoms with Crippen LogP contribution in [0.25, 0.3) is 0 Å². The van der Waals surface area contributed by atoms with Crippen molar-refractivity contribution >= 4 is 17.6 Å². The van der Waals surface area contributed by atoms with Crippen molar-refractivity contribution in [3.8, 4) is 0 Å². The average Bonchev–Trinajstić information content (AvgIpc) is 2.94. The first-order chi connectivity index (χ1) is 11.1. The minimum atomic E-state index is 0.275. The summed E-state index contributed by atoms with van der Waals surface area (Å²) >= 11 is 0. The summed E-state index contributed by atoms with van der Waals surface area (Å²) in [6, 6.07) is 10.8. The minimum Gasteiger partial charge on any atom is -0.381 e. The zero-order valence-corrected chi connectivity index (χ0v) is 13.6. The van der Waals surface area contributed by atoms with E-state index in [2.05, 4.69) is 37.3 Å². The van der Waals surface area contributed by atoms with Gasteiger partial charge in [-0.3, -0.25) is 4.90 Å². The number of rotatable bonds is 5. The predicted molar refractivity (Wildman–Crippen MR) is 92.3 cm³/mol. The van der Waals surface area contributed by atoms with E-state index in [1.807, 2.05) is 37.2 Å². The highest BCUT2D eigenvalue weighted by atomic mass is 15.3. The van der Waals surface area contributed by atoms with Gasteiger partial charge >= 0.3 is 0 Å². The van der Waals surface area contributed by atoms with E-state index < -0.39 is 0 Å². The summed E-state index contributed by atoms with van der Waals surface area (Å²) in [6.07, 6.45) is 1.11. The Morgan fingerprint density at radius 1 is 1.22 bits per heavy atom. The van der Waals surface area contributed by atoms with Crippen LogP contribution in [-0.4, -0.2) is 53.1 Å². The summed E-state index contributed by atoms with van der Waals surface area (Å²) in [5, 5.41) is 3.57. The lowest BCUT2D eigenvalue weighted by atomic mass is 10.2. The molecule has 2 heterocycles. The zero-order chi connectivity index (χ0) is 16.2. The lowest BCUT2D eigenvalue weighted by Gasteiger charge is -2.17. The Morgan fingerprint density at radius 3 is 2.74 bits per heavy atom. The molecule has 3 N–H and O–H groups in total. The van der Waals surface area contributed by atoms with Crippen LogP contribution in [0.5, 0.6) is 0 Å². The van der Waals surface area contributed by atoms with Gasteiger partial charge in [0.25, 0.3) is 0 Å². The Labute approximate surface area is 136 Å². The van der Waals surface area contributed by atoms with E-state index in [9.17, 15) is 0 Å². The fourth-order valence-electron chi connectivity index (χ4n) is 2.76. The Kier molecular flexibility index (Phi) is 4.57. The highest BCUT2D eigenvalue weighted by molar-refractivity contribution is 5.43. The minimum absolute atomic E-state index is 0.275. The molecule has 1 aromatic heterocycles. The van der Waals surface area contributed by atoms with E-state index in [-0.39, 0.29) is 5.95 Å². The molecule has 7 nitrogen and oxygen atoms in total. The first-order valence-electron chi connectivity index (χ1n) is 7.82. The van der Waals surface area contributed by atoms with Crippen LogP contribution >= 0.6 is 0 Å². The highest BCUT2D eigenvalue weighted by Crippen LogP contribution is 2.17. The van der Waals surface area contributed by atoms with Crippen molar-refractivity contribution in [2.24, 2.45) is 0 Å². The van der Waals surface area contributed by atoms with Gasteiger partial charge in [-0.15, -0.1) is 0 Å².